The fourth-order valence-electron chi connectivity index (χ4n) is 0. The van der Waals surface area contributed by atoms with E-state index in [0.717, 1.165) is 0 Å². The second kappa shape index (κ2) is 25.9. The zero-order valence-corrected chi connectivity index (χ0v) is 11.7. The van der Waals surface area contributed by atoms with Crippen LogP contribution in [0.25, 0.3) is 0 Å². The molecule has 5 heavy (non-hydrogen) atoms. The Morgan fingerprint density at radius 2 is 1.40 bits per heavy atom. The molecule has 0 heterocycles. The molecule has 0 amide bonds. The third-order valence-corrected chi connectivity index (χ3v) is 0. The zero-order chi connectivity index (χ0) is 2.00. The van der Waals surface area contributed by atoms with Crippen molar-refractivity contribution in [2.24, 2.45) is 0 Å². The van der Waals surface area contributed by atoms with E-state index in [2.05, 4.69) is 15.7 Å². The second-order valence-electron chi connectivity index (χ2n) is 0. The van der Waals surface area contributed by atoms with Crippen molar-refractivity contribution in [1.29, 1.82) is 0 Å². The maximum absolute atomic E-state index is 7.94. The van der Waals surface area contributed by atoms with Gasteiger partial charge in [-0.2, -0.15) is 0 Å². The van der Waals surface area contributed by atoms with E-state index in [-0.39, 0.29) is 101 Å². The zero-order valence-electron chi connectivity index (χ0n) is 4.40. The van der Waals surface area contributed by atoms with Gasteiger partial charge in [-0.3, -0.25) is 0 Å². The van der Waals surface area contributed by atoms with Crippen molar-refractivity contribution in [2.75, 3.05) is 0 Å². The van der Waals surface area contributed by atoms with Crippen molar-refractivity contribution in [3.05, 3.63) is 0 Å². The Balaban J connectivity index is -0.000000000500. The van der Waals surface area contributed by atoms with Gasteiger partial charge in [0.1, 0.15) is 0 Å². The molecule has 0 atom stereocenters. The molecule has 0 aliphatic rings. The van der Waals surface area contributed by atoms with Crippen molar-refractivity contribution in [1.82, 2.24) is 0 Å². The first-order valence-corrected chi connectivity index (χ1v) is 0.561. The van der Waals surface area contributed by atoms with E-state index in [0.29, 0.717) is 0 Å². The molecule has 0 aromatic carbocycles. The third kappa shape index (κ3) is 18.5. The molecule has 0 spiro atoms. The Labute approximate surface area is 118 Å². The van der Waals surface area contributed by atoms with Crippen LogP contribution in [0.2, 0.25) is 0 Å². The Hall–Kier alpha value is 3.50. The van der Waals surface area contributed by atoms with Gasteiger partial charge < -0.3 is 2.85 Å². The molecule has 0 fully saturated rings. The number of rotatable bonds is 0. The van der Waals surface area contributed by atoms with Gasteiger partial charge in [-0.05, 0) is 0 Å². The largest absolute Gasteiger partial charge is 2.00 e. The smallest absolute Gasteiger partial charge is 2.00 e. The van der Waals surface area contributed by atoms with Crippen LogP contribution in [-0.2, 0) is 36.6 Å². The van der Waals surface area contributed by atoms with Crippen LogP contribution < -0.4 is 0 Å². The van der Waals surface area contributed by atoms with E-state index in [1.807, 2.05) is 0 Å². The predicted octanol–water partition coefficient (Wildman–Crippen LogP) is -0.280. The van der Waals surface area contributed by atoms with Gasteiger partial charge in [-0.25, -0.2) is 0 Å². The summed E-state index contributed by atoms with van der Waals surface area (Å²) in [5.41, 5.74) is 0. The molecule has 5 heteroatoms. The summed E-state index contributed by atoms with van der Waals surface area (Å²) in [7, 11) is 0. The summed E-state index contributed by atoms with van der Waals surface area (Å²) in [6, 6.07) is 0. The maximum atomic E-state index is 7.94. The average molecular weight is 358 g/mol. The minimum absolute atomic E-state index is 0. The first kappa shape index (κ1) is 23.6. The van der Waals surface area contributed by atoms with Gasteiger partial charge in [0, 0.05) is 52.7 Å². The minimum atomic E-state index is 0. The molecule has 0 rings (SSSR count). The van der Waals surface area contributed by atoms with E-state index in [4.69, 9.17) is 3.87 Å². The third-order valence-electron chi connectivity index (χ3n) is 0. The van der Waals surface area contributed by atoms with Crippen LogP contribution in [0.5, 0.6) is 0 Å². The van der Waals surface area contributed by atoms with Gasteiger partial charge in [-0.15, -0.1) is 0 Å². The van der Waals surface area contributed by atoms with E-state index in [1.165, 1.54) is 0 Å². The van der Waals surface area contributed by atoms with Crippen molar-refractivity contribution in [3.63, 3.8) is 0 Å². The summed E-state index contributed by atoms with van der Waals surface area (Å²) < 4.78 is 7.94. The molecular formula is H2CoLaMnOSr. The van der Waals surface area contributed by atoms with Crippen molar-refractivity contribution < 1.29 is 75.1 Å². The van der Waals surface area contributed by atoms with Gasteiger partial charge >= 0.3 is 65.0 Å². The van der Waals surface area contributed by atoms with E-state index < -0.39 is 0 Å². The Morgan fingerprint density at radius 3 is 1.40 bits per heavy atom. The van der Waals surface area contributed by atoms with Crippen LogP contribution in [0.4, 0.5) is 0 Å². The summed E-state index contributed by atoms with van der Waals surface area (Å²) in [6.45, 7) is 0. The molecule has 0 aliphatic heterocycles. The molecule has 0 unspecified atom stereocenters. The molecule has 0 N–H and O–H groups in total. The second-order valence-corrected chi connectivity index (χ2v) is 0. The summed E-state index contributed by atoms with van der Waals surface area (Å²) in [5, 5.41) is 0. The van der Waals surface area contributed by atoms with E-state index >= 15 is 0 Å². The molecule has 0 saturated carbocycles. The normalized spacial score (nSPS) is 1.00. The van der Waals surface area contributed by atoms with Gasteiger partial charge in [0.2, 0.25) is 0 Å². The number of hydrogen-bond donors (Lipinski definition) is 0. The van der Waals surface area contributed by atoms with Crippen molar-refractivity contribution >= 4 is 45.5 Å². The molecule has 29 valence electrons. The van der Waals surface area contributed by atoms with E-state index in [1.54, 1.807) is 0 Å². The first-order valence-electron chi connectivity index (χ1n) is 0.136. The van der Waals surface area contributed by atoms with Gasteiger partial charge in [0.25, 0.3) is 0 Å². The standard InChI is InChI=1S/Co.La.Mn.O.Sr.2H/q;;;;+2;2*-1. The molecule has 1 nitrogen and oxygen atoms in total. The Kier molecular flexibility index (Phi) is 122. The molecular weight excluding hydrogens is 356 g/mol. The fraction of sp³-hybridized carbons (Fsp3) is 0. The summed E-state index contributed by atoms with van der Waals surface area (Å²) >= 11 is 2.31. The van der Waals surface area contributed by atoms with Crippen LogP contribution in [0, 0.1) is 35.6 Å². The fourth-order valence-corrected chi connectivity index (χ4v) is 0. The topological polar surface area (TPSA) is 17.1 Å². The van der Waals surface area contributed by atoms with Crippen molar-refractivity contribution in [2.45, 2.75) is 0 Å². The molecule has 0 bridgehead atoms. The van der Waals surface area contributed by atoms with Crippen LogP contribution in [-0.4, -0.2) is 45.5 Å². The van der Waals surface area contributed by atoms with Crippen LogP contribution in [0.3, 0.4) is 0 Å². The minimum Gasteiger partial charge on any atom is 2.00 e. The molecule has 0 aliphatic carbocycles. The van der Waals surface area contributed by atoms with Gasteiger partial charge in [0.15, 0.2) is 0 Å². The van der Waals surface area contributed by atoms with Gasteiger partial charge in [-0.1, -0.05) is 0 Å². The van der Waals surface area contributed by atoms with Gasteiger partial charge in [0.05, 0.1) is 0 Å². The van der Waals surface area contributed by atoms with Crippen LogP contribution >= 0.6 is 0 Å². The summed E-state index contributed by atoms with van der Waals surface area (Å²) in [4.78, 5) is 0. The molecule has 2 radical (unpaired) electrons. The first-order chi connectivity index (χ1) is 1.00. The molecule has 0 aromatic heterocycles. The number of hydrogen-bond acceptors (Lipinski definition) is 1. The van der Waals surface area contributed by atoms with Crippen LogP contribution in [0.1, 0.15) is 2.85 Å². The van der Waals surface area contributed by atoms with Crippen LogP contribution in [0.15, 0.2) is 0 Å². The SMILES string of the molecule is [H-].[H-].[La].[Mn].[O]=[Co].[Sr+2]. The maximum Gasteiger partial charge on any atom is 2.00 e. The van der Waals surface area contributed by atoms with E-state index in [9.17, 15) is 0 Å². The Morgan fingerprint density at radius 1 is 1.40 bits per heavy atom. The molecule has 0 aromatic rings. The summed E-state index contributed by atoms with van der Waals surface area (Å²) in [5.74, 6) is 0. The van der Waals surface area contributed by atoms with Crippen molar-refractivity contribution in [3.8, 4) is 0 Å². The monoisotopic (exact) mass is 359 g/mol. The Bertz CT molecular complexity index is 17.7. The quantitative estimate of drug-likeness (QED) is 0.545. The summed E-state index contributed by atoms with van der Waals surface area (Å²) in [6.07, 6.45) is 0. The molecule has 0 saturated heterocycles. The predicted molar refractivity (Wildman–Crippen MR) is 8.66 cm³/mol. The average Bonchev–Trinajstić information content (AvgIpc) is 1.00.